The molecule has 0 aliphatic heterocycles. The average Bonchev–Trinajstić information content (AvgIpc) is 2.87. The van der Waals surface area contributed by atoms with Crippen LogP contribution < -0.4 is 0 Å². The summed E-state index contributed by atoms with van der Waals surface area (Å²) in [5.41, 5.74) is 0. The lowest BCUT2D eigenvalue weighted by molar-refractivity contribution is -0.163. The van der Waals surface area contributed by atoms with E-state index in [1.807, 2.05) is 0 Å². The van der Waals surface area contributed by atoms with Crippen LogP contribution in [0.3, 0.4) is 0 Å². The van der Waals surface area contributed by atoms with Crippen LogP contribution in [0.25, 0.3) is 0 Å². The molecular weight excluding hydrogens is 424 g/mol. The summed E-state index contributed by atoms with van der Waals surface area (Å²) in [6, 6.07) is 0. The summed E-state index contributed by atoms with van der Waals surface area (Å²) in [6.45, 7) is 3.28. The van der Waals surface area contributed by atoms with Gasteiger partial charge in [0.25, 0.3) is 0 Å². The van der Waals surface area contributed by atoms with E-state index in [-0.39, 0.29) is 23.8 Å². The Hall–Kier alpha value is -1.06. The van der Waals surface area contributed by atoms with Crippen molar-refractivity contribution in [3.8, 4) is 0 Å². The van der Waals surface area contributed by atoms with Gasteiger partial charge in [-0.2, -0.15) is 0 Å². The van der Waals surface area contributed by atoms with E-state index >= 15 is 0 Å². The third kappa shape index (κ3) is 12.6. The molecular formula is C30H54O4. The highest BCUT2D eigenvalue weighted by Gasteiger charge is 2.37. The monoisotopic (exact) mass is 478 g/mol. The molecule has 4 heteroatoms. The van der Waals surface area contributed by atoms with Crippen molar-refractivity contribution in [3.05, 3.63) is 0 Å². The van der Waals surface area contributed by atoms with E-state index < -0.39 is 0 Å². The first-order valence-corrected chi connectivity index (χ1v) is 15.1. The molecule has 0 radical (unpaired) electrons. The molecule has 0 spiro atoms. The summed E-state index contributed by atoms with van der Waals surface area (Å²) in [7, 11) is 0. The third-order valence-electron chi connectivity index (χ3n) is 8.11. The van der Waals surface area contributed by atoms with E-state index in [1.54, 1.807) is 0 Å². The maximum atomic E-state index is 12.7. The van der Waals surface area contributed by atoms with Gasteiger partial charge in [0.05, 0.1) is 25.0 Å². The normalized spacial score (nSPS) is 21.3. The van der Waals surface area contributed by atoms with Crippen LogP contribution >= 0.6 is 0 Å². The molecule has 34 heavy (non-hydrogen) atoms. The van der Waals surface area contributed by atoms with Crippen molar-refractivity contribution in [1.82, 2.24) is 0 Å². The number of unbranched alkanes of at least 4 members (excludes halogenated alkanes) is 11. The molecule has 4 nitrogen and oxygen atoms in total. The lowest BCUT2D eigenvalue weighted by Gasteiger charge is -2.28. The van der Waals surface area contributed by atoms with Crippen LogP contribution in [-0.2, 0) is 19.1 Å². The molecule has 2 atom stereocenters. The summed E-state index contributed by atoms with van der Waals surface area (Å²) in [4.78, 5) is 25.4. The standard InChI is InChI=1S/C30H54O4/c1-2-3-4-5-6-7-8-9-10-11-12-18-24-33-29(31)27-21-16-17-22-28(27)30(32)34-25-23-26-19-14-13-15-20-26/h26-28H,2-25H2,1H3. The molecule has 2 rings (SSSR count). The van der Waals surface area contributed by atoms with Crippen molar-refractivity contribution in [1.29, 1.82) is 0 Å². The molecule has 0 amide bonds. The summed E-state index contributed by atoms with van der Waals surface area (Å²) >= 11 is 0. The smallest absolute Gasteiger partial charge is 0.309 e. The molecule has 0 N–H and O–H groups in total. The summed E-state index contributed by atoms with van der Waals surface area (Å²) in [6.07, 6.45) is 26.6. The van der Waals surface area contributed by atoms with E-state index in [4.69, 9.17) is 9.47 Å². The van der Waals surface area contributed by atoms with Crippen molar-refractivity contribution in [2.24, 2.45) is 17.8 Å². The van der Waals surface area contributed by atoms with Gasteiger partial charge in [-0.15, -0.1) is 0 Å². The highest BCUT2D eigenvalue weighted by atomic mass is 16.5. The maximum Gasteiger partial charge on any atom is 0.309 e. The van der Waals surface area contributed by atoms with E-state index in [0.717, 1.165) is 44.9 Å². The SMILES string of the molecule is CCCCCCCCCCCCCCOC(=O)C1CCCCC1C(=O)OCCC1CCCCC1. The minimum atomic E-state index is -0.298. The summed E-state index contributed by atoms with van der Waals surface area (Å²) < 4.78 is 11.2. The van der Waals surface area contributed by atoms with Crippen LogP contribution in [0.2, 0.25) is 0 Å². The van der Waals surface area contributed by atoms with Crippen LogP contribution in [-0.4, -0.2) is 25.2 Å². The molecule has 0 aromatic carbocycles. The zero-order valence-corrected chi connectivity index (χ0v) is 22.3. The second-order valence-corrected chi connectivity index (χ2v) is 11.0. The molecule has 2 saturated carbocycles. The molecule has 0 aromatic rings. The largest absolute Gasteiger partial charge is 0.465 e. The van der Waals surface area contributed by atoms with Gasteiger partial charge in [0, 0.05) is 0 Å². The summed E-state index contributed by atoms with van der Waals surface area (Å²) in [5, 5.41) is 0. The fraction of sp³-hybridized carbons (Fsp3) is 0.933. The fourth-order valence-electron chi connectivity index (χ4n) is 5.83. The van der Waals surface area contributed by atoms with E-state index in [2.05, 4.69) is 6.92 Å². The minimum absolute atomic E-state index is 0.164. The second-order valence-electron chi connectivity index (χ2n) is 11.0. The molecule has 2 aliphatic carbocycles. The van der Waals surface area contributed by atoms with Gasteiger partial charge in [0.2, 0.25) is 0 Å². The Balaban J connectivity index is 1.50. The number of ether oxygens (including phenoxy) is 2. The first-order valence-electron chi connectivity index (χ1n) is 15.1. The minimum Gasteiger partial charge on any atom is -0.465 e. The van der Waals surface area contributed by atoms with Crippen molar-refractivity contribution < 1.29 is 19.1 Å². The molecule has 2 fully saturated rings. The number of hydrogen-bond acceptors (Lipinski definition) is 4. The topological polar surface area (TPSA) is 52.6 Å². The van der Waals surface area contributed by atoms with Crippen LogP contribution in [0, 0.1) is 17.8 Å². The molecule has 0 saturated heterocycles. The predicted molar refractivity (Wildman–Crippen MR) is 140 cm³/mol. The van der Waals surface area contributed by atoms with Crippen LogP contribution in [0.15, 0.2) is 0 Å². The first-order chi connectivity index (χ1) is 16.7. The molecule has 2 aliphatic rings. The Morgan fingerprint density at radius 2 is 1.00 bits per heavy atom. The Morgan fingerprint density at radius 1 is 0.559 bits per heavy atom. The van der Waals surface area contributed by atoms with Crippen molar-refractivity contribution in [2.75, 3.05) is 13.2 Å². The van der Waals surface area contributed by atoms with Gasteiger partial charge in [-0.3, -0.25) is 9.59 Å². The van der Waals surface area contributed by atoms with Gasteiger partial charge in [-0.1, -0.05) is 122 Å². The molecule has 0 aromatic heterocycles. The number of carbonyl (C=O) groups is 2. The molecule has 0 heterocycles. The fourth-order valence-corrected chi connectivity index (χ4v) is 5.83. The molecule has 2 unspecified atom stereocenters. The van der Waals surface area contributed by atoms with Gasteiger partial charge in [0.1, 0.15) is 0 Å². The Bertz CT molecular complexity index is 526. The van der Waals surface area contributed by atoms with Gasteiger partial charge in [-0.25, -0.2) is 0 Å². The Kier molecular flexibility index (Phi) is 16.4. The summed E-state index contributed by atoms with van der Waals surface area (Å²) in [5.74, 6) is -0.216. The van der Waals surface area contributed by atoms with Gasteiger partial charge in [0.15, 0.2) is 0 Å². The number of rotatable bonds is 18. The zero-order chi connectivity index (χ0) is 24.3. The molecule has 0 bridgehead atoms. The van der Waals surface area contributed by atoms with Crippen LogP contribution in [0.1, 0.15) is 148 Å². The lowest BCUT2D eigenvalue weighted by atomic mass is 9.79. The van der Waals surface area contributed by atoms with E-state index in [0.29, 0.717) is 19.1 Å². The molecule has 198 valence electrons. The quantitative estimate of drug-likeness (QED) is 0.146. The van der Waals surface area contributed by atoms with Crippen molar-refractivity contribution >= 4 is 11.9 Å². The van der Waals surface area contributed by atoms with E-state index in [1.165, 1.54) is 96.3 Å². The Labute approximate surface area is 210 Å². The highest BCUT2D eigenvalue weighted by Crippen LogP contribution is 2.32. The van der Waals surface area contributed by atoms with Crippen LogP contribution in [0.5, 0.6) is 0 Å². The number of carbonyl (C=O) groups excluding carboxylic acids is 2. The lowest BCUT2D eigenvalue weighted by Crippen LogP contribution is -2.35. The predicted octanol–water partition coefficient (Wildman–Crippen LogP) is 8.55. The van der Waals surface area contributed by atoms with Gasteiger partial charge < -0.3 is 9.47 Å². The Morgan fingerprint density at radius 3 is 1.53 bits per heavy atom. The zero-order valence-electron chi connectivity index (χ0n) is 22.3. The van der Waals surface area contributed by atoms with Gasteiger partial charge in [-0.05, 0) is 31.6 Å². The van der Waals surface area contributed by atoms with E-state index in [9.17, 15) is 9.59 Å². The number of hydrogen-bond donors (Lipinski definition) is 0. The number of esters is 2. The average molecular weight is 479 g/mol. The van der Waals surface area contributed by atoms with Crippen molar-refractivity contribution in [3.63, 3.8) is 0 Å². The third-order valence-corrected chi connectivity index (χ3v) is 8.11. The first kappa shape index (κ1) is 29.2. The van der Waals surface area contributed by atoms with Crippen molar-refractivity contribution in [2.45, 2.75) is 148 Å². The van der Waals surface area contributed by atoms with Gasteiger partial charge >= 0.3 is 11.9 Å². The second kappa shape index (κ2) is 19.2. The van der Waals surface area contributed by atoms with Crippen LogP contribution in [0.4, 0.5) is 0 Å². The highest BCUT2D eigenvalue weighted by molar-refractivity contribution is 5.82. The maximum absolute atomic E-state index is 12.7.